The van der Waals surface area contributed by atoms with E-state index in [4.69, 9.17) is 10.5 Å². The lowest BCUT2D eigenvalue weighted by Crippen LogP contribution is -1.97. The van der Waals surface area contributed by atoms with E-state index in [0.29, 0.717) is 11.1 Å². The first kappa shape index (κ1) is 13.2. The topological polar surface area (TPSA) is 52.5 Å². The Morgan fingerprint density at radius 3 is 1.86 bits per heavy atom. The van der Waals surface area contributed by atoms with E-state index in [9.17, 15) is 0 Å². The quantitative estimate of drug-likeness (QED) is 0.712. The second-order valence-corrected chi connectivity index (χ2v) is 5.19. The van der Waals surface area contributed by atoms with Crippen molar-refractivity contribution in [2.24, 2.45) is 0 Å². The summed E-state index contributed by atoms with van der Waals surface area (Å²) < 4.78 is 2.29. The molecule has 0 aliphatic rings. The van der Waals surface area contributed by atoms with E-state index < -0.39 is 0 Å². The van der Waals surface area contributed by atoms with Crippen LogP contribution in [0.5, 0.6) is 0 Å². The van der Waals surface area contributed by atoms with Gasteiger partial charge < -0.3 is 4.57 Å². The predicted octanol–water partition coefficient (Wildman–Crippen LogP) is 4.34. The Balaban J connectivity index is 2.37. The fourth-order valence-electron chi connectivity index (χ4n) is 2.80. The van der Waals surface area contributed by atoms with Gasteiger partial charge >= 0.3 is 0 Å². The number of aryl methyl sites for hydroxylation is 1. The molecule has 0 radical (unpaired) electrons. The van der Waals surface area contributed by atoms with Gasteiger partial charge in [0.15, 0.2) is 0 Å². The Kier molecular flexibility index (Phi) is 3.34. The van der Waals surface area contributed by atoms with Crippen molar-refractivity contribution in [3.63, 3.8) is 0 Å². The van der Waals surface area contributed by atoms with Gasteiger partial charge in [0, 0.05) is 28.4 Å². The van der Waals surface area contributed by atoms with Crippen molar-refractivity contribution >= 4 is 21.8 Å². The number of hydrogen-bond donors (Lipinski definition) is 0. The molecule has 102 valence electrons. The smallest absolute Gasteiger partial charge is 0.0991 e. The largest absolute Gasteiger partial charge is 0.340 e. The molecule has 0 bridgehead atoms. The van der Waals surface area contributed by atoms with Gasteiger partial charge in [0.05, 0.1) is 23.3 Å². The van der Waals surface area contributed by atoms with Crippen LogP contribution < -0.4 is 0 Å². The van der Waals surface area contributed by atoms with Crippen LogP contribution in [0.2, 0.25) is 0 Å². The van der Waals surface area contributed by atoms with Crippen LogP contribution in [0.25, 0.3) is 21.8 Å². The van der Waals surface area contributed by atoms with Crippen LogP contribution in [0.3, 0.4) is 0 Å². The average Bonchev–Trinajstić information content (AvgIpc) is 2.85. The van der Waals surface area contributed by atoms with Crippen molar-refractivity contribution in [2.75, 3.05) is 0 Å². The van der Waals surface area contributed by atoms with Gasteiger partial charge in [-0.25, -0.2) is 0 Å². The van der Waals surface area contributed by atoms with Crippen molar-refractivity contribution in [3.8, 4) is 12.1 Å². The molecule has 3 aromatic rings. The fourth-order valence-corrected chi connectivity index (χ4v) is 2.80. The molecular formula is C18H15N3. The van der Waals surface area contributed by atoms with Crippen molar-refractivity contribution in [3.05, 3.63) is 47.5 Å². The van der Waals surface area contributed by atoms with Gasteiger partial charge in [0.1, 0.15) is 0 Å². The van der Waals surface area contributed by atoms with Crippen molar-refractivity contribution in [2.45, 2.75) is 26.3 Å². The minimum absolute atomic E-state index is 0.652. The molecule has 0 spiro atoms. The maximum Gasteiger partial charge on any atom is 0.0991 e. The molecule has 0 amide bonds. The van der Waals surface area contributed by atoms with Gasteiger partial charge in [0.25, 0.3) is 0 Å². The van der Waals surface area contributed by atoms with E-state index in [0.717, 1.165) is 41.2 Å². The fraction of sp³-hybridized carbons (Fsp3) is 0.222. The first-order valence-electron chi connectivity index (χ1n) is 7.14. The highest BCUT2D eigenvalue weighted by Crippen LogP contribution is 2.30. The molecule has 0 aliphatic heterocycles. The number of nitrogens with zero attached hydrogens (tertiary/aromatic N) is 3. The van der Waals surface area contributed by atoms with Gasteiger partial charge in [0.2, 0.25) is 0 Å². The molecule has 3 heteroatoms. The molecule has 2 aromatic carbocycles. The van der Waals surface area contributed by atoms with Gasteiger partial charge in [-0.05, 0) is 42.8 Å². The number of nitriles is 2. The Bertz CT molecular complexity index is 833. The van der Waals surface area contributed by atoms with Crippen LogP contribution in [0.1, 0.15) is 30.9 Å². The molecule has 1 aromatic heterocycles. The van der Waals surface area contributed by atoms with Gasteiger partial charge in [-0.1, -0.05) is 13.3 Å². The van der Waals surface area contributed by atoms with Crippen LogP contribution in [0.15, 0.2) is 36.4 Å². The number of unbranched alkanes of at least 4 members (excludes halogenated alkanes) is 1. The lowest BCUT2D eigenvalue weighted by Gasteiger charge is -2.06. The minimum Gasteiger partial charge on any atom is -0.340 e. The number of aromatic nitrogens is 1. The summed E-state index contributed by atoms with van der Waals surface area (Å²) in [6.45, 7) is 3.13. The van der Waals surface area contributed by atoms with E-state index >= 15 is 0 Å². The highest BCUT2D eigenvalue weighted by atomic mass is 15.0. The minimum atomic E-state index is 0.652. The van der Waals surface area contributed by atoms with Gasteiger partial charge in [-0.3, -0.25) is 0 Å². The zero-order chi connectivity index (χ0) is 14.8. The molecule has 21 heavy (non-hydrogen) atoms. The zero-order valence-corrected chi connectivity index (χ0v) is 11.9. The third-order valence-corrected chi connectivity index (χ3v) is 3.86. The number of hydrogen-bond acceptors (Lipinski definition) is 2. The average molecular weight is 273 g/mol. The van der Waals surface area contributed by atoms with Gasteiger partial charge in [-0.15, -0.1) is 0 Å². The first-order valence-corrected chi connectivity index (χ1v) is 7.14. The summed E-state index contributed by atoms with van der Waals surface area (Å²) in [5.41, 5.74) is 3.57. The Morgan fingerprint density at radius 2 is 1.43 bits per heavy atom. The summed E-state index contributed by atoms with van der Waals surface area (Å²) in [6.07, 6.45) is 2.24. The summed E-state index contributed by atoms with van der Waals surface area (Å²) in [7, 11) is 0. The molecule has 0 saturated carbocycles. The molecule has 1 heterocycles. The van der Waals surface area contributed by atoms with E-state index in [1.807, 2.05) is 36.4 Å². The second kappa shape index (κ2) is 5.31. The molecule has 0 N–H and O–H groups in total. The van der Waals surface area contributed by atoms with Crippen LogP contribution in [0, 0.1) is 22.7 Å². The summed E-state index contributed by atoms with van der Waals surface area (Å²) in [4.78, 5) is 0. The SMILES string of the molecule is CCCCn1c2ccc(C#N)cc2c2cc(C#N)ccc21. The van der Waals surface area contributed by atoms with E-state index in [1.165, 1.54) is 0 Å². The van der Waals surface area contributed by atoms with Crippen molar-refractivity contribution in [1.82, 2.24) is 4.57 Å². The summed E-state index contributed by atoms with van der Waals surface area (Å²) >= 11 is 0. The van der Waals surface area contributed by atoms with Crippen LogP contribution in [-0.4, -0.2) is 4.57 Å². The highest BCUT2D eigenvalue weighted by Gasteiger charge is 2.11. The van der Waals surface area contributed by atoms with Crippen molar-refractivity contribution in [1.29, 1.82) is 10.5 Å². The normalized spacial score (nSPS) is 10.6. The Labute approximate surface area is 123 Å². The molecule has 0 atom stereocenters. The molecule has 3 nitrogen and oxygen atoms in total. The Morgan fingerprint density at radius 1 is 0.905 bits per heavy atom. The zero-order valence-electron chi connectivity index (χ0n) is 11.9. The summed E-state index contributed by atoms with van der Waals surface area (Å²) in [6, 6.07) is 15.9. The third kappa shape index (κ3) is 2.14. The highest BCUT2D eigenvalue weighted by molar-refractivity contribution is 6.08. The summed E-state index contributed by atoms with van der Waals surface area (Å²) in [5.74, 6) is 0. The maximum atomic E-state index is 9.11. The van der Waals surface area contributed by atoms with Crippen molar-refractivity contribution < 1.29 is 0 Å². The standard InChI is InChI=1S/C18H15N3/c1-2-3-8-21-17-6-4-13(11-19)9-15(17)16-10-14(12-20)5-7-18(16)21/h4-7,9-10H,2-3,8H2,1H3. The van der Waals surface area contributed by atoms with Crippen LogP contribution >= 0.6 is 0 Å². The molecule has 0 unspecified atom stereocenters. The molecular weight excluding hydrogens is 258 g/mol. The molecule has 0 saturated heterocycles. The third-order valence-electron chi connectivity index (χ3n) is 3.86. The van der Waals surface area contributed by atoms with Crippen LogP contribution in [0.4, 0.5) is 0 Å². The van der Waals surface area contributed by atoms with E-state index in [2.05, 4.69) is 23.6 Å². The summed E-state index contributed by atoms with van der Waals surface area (Å²) in [5, 5.41) is 20.3. The molecule has 0 aliphatic carbocycles. The maximum absolute atomic E-state index is 9.11. The Hall–Kier alpha value is -2.78. The molecule has 0 fully saturated rings. The van der Waals surface area contributed by atoms with E-state index in [-0.39, 0.29) is 0 Å². The number of fused-ring (bicyclic) bond motifs is 3. The monoisotopic (exact) mass is 273 g/mol. The second-order valence-electron chi connectivity index (χ2n) is 5.19. The molecule has 3 rings (SSSR count). The lowest BCUT2D eigenvalue weighted by atomic mass is 10.1. The predicted molar refractivity (Wildman–Crippen MR) is 83.8 cm³/mol. The lowest BCUT2D eigenvalue weighted by molar-refractivity contribution is 0.665. The van der Waals surface area contributed by atoms with Crippen LogP contribution in [-0.2, 0) is 6.54 Å². The number of benzene rings is 2. The van der Waals surface area contributed by atoms with E-state index in [1.54, 1.807) is 0 Å². The van der Waals surface area contributed by atoms with Gasteiger partial charge in [-0.2, -0.15) is 10.5 Å². The number of rotatable bonds is 3. The first-order chi connectivity index (χ1) is 10.3.